The average molecular weight is 372 g/mol. The van der Waals surface area contributed by atoms with Crippen LogP contribution in [0.3, 0.4) is 0 Å². The van der Waals surface area contributed by atoms with Crippen LogP contribution >= 0.6 is 0 Å². The molecule has 138 valence electrons. The van der Waals surface area contributed by atoms with Crippen LogP contribution in [0.4, 0.5) is 17.5 Å². The number of hydrogen-bond acceptors (Lipinski definition) is 6. The summed E-state index contributed by atoms with van der Waals surface area (Å²) in [6.45, 7) is 3.67. The lowest BCUT2D eigenvalue weighted by Gasteiger charge is -2.31. The van der Waals surface area contributed by atoms with Gasteiger partial charge in [0.1, 0.15) is 5.82 Å². The van der Waals surface area contributed by atoms with Crippen molar-refractivity contribution in [3.05, 3.63) is 42.1 Å². The molecular formula is C19H24N4O2S. The highest BCUT2D eigenvalue weighted by molar-refractivity contribution is 7.91. The molecular weight excluding hydrogens is 348 g/mol. The summed E-state index contributed by atoms with van der Waals surface area (Å²) < 4.78 is 23.8. The number of benzene rings is 1. The van der Waals surface area contributed by atoms with Gasteiger partial charge in [-0.05, 0) is 43.9 Å². The van der Waals surface area contributed by atoms with Crippen LogP contribution in [-0.4, -0.2) is 49.0 Å². The van der Waals surface area contributed by atoms with E-state index in [4.69, 9.17) is 4.98 Å². The normalized spacial score (nSPS) is 21.4. The van der Waals surface area contributed by atoms with Crippen LogP contribution in [-0.2, 0) is 16.3 Å². The predicted molar refractivity (Wildman–Crippen MR) is 104 cm³/mol. The molecule has 1 unspecified atom stereocenters. The second kappa shape index (κ2) is 6.87. The number of para-hydroxylation sites is 1. The molecule has 2 aliphatic rings. The second-order valence-electron chi connectivity index (χ2n) is 6.94. The Balaban J connectivity index is 1.65. The monoisotopic (exact) mass is 372 g/mol. The van der Waals surface area contributed by atoms with Crippen LogP contribution in [0.5, 0.6) is 0 Å². The van der Waals surface area contributed by atoms with E-state index in [0.29, 0.717) is 12.4 Å². The number of sulfone groups is 1. The zero-order chi connectivity index (χ0) is 18.1. The van der Waals surface area contributed by atoms with Gasteiger partial charge in [0, 0.05) is 31.0 Å². The largest absolute Gasteiger partial charge is 0.353 e. The van der Waals surface area contributed by atoms with Crippen molar-refractivity contribution in [2.75, 3.05) is 34.4 Å². The Bertz CT molecular complexity index is 900. The van der Waals surface area contributed by atoms with E-state index >= 15 is 0 Å². The van der Waals surface area contributed by atoms with Gasteiger partial charge in [-0.3, -0.25) is 0 Å². The summed E-state index contributed by atoms with van der Waals surface area (Å²) in [6, 6.07) is 10.3. The van der Waals surface area contributed by atoms with Crippen LogP contribution in [0, 0.1) is 0 Å². The van der Waals surface area contributed by atoms with Crippen molar-refractivity contribution in [1.29, 1.82) is 0 Å². The van der Waals surface area contributed by atoms with E-state index in [-0.39, 0.29) is 17.5 Å². The Labute approximate surface area is 154 Å². The summed E-state index contributed by atoms with van der Waals surface area (Å²) in [5.74, 6) is 1.98. The molecule has 1 atom stereocenters. The van der Waals surface area contributed by atoms with E-state index in [0.717, 1.165) is 31.7 Å². The summed E-state index contributed by atoms with van der Waals surface area (Å²) in [6.07, 6.45) is 4.60. The Hall–Kier alpha value is -2.15. The fourth-order valence-corrected chi connectivity index (χ4v) is 5.73. The van der Waals surface area contributed by atoms with Crippen molar-refractivity contribution in [2.45, 2.75) is 32.2 Å². The van der Waals surface area contributed by atoms with Crippen molar-refractivity contribution < 1.29 is 8.42 Å². The molecule has 3 heterocycles. The lowest BCUT2D eigenvalue weighted by Crippen LogP contribution is -2.37. The first-order valence-electron chi connectivity index (χ1n) is 9.23. The second-order valence-corrected chi connectivity index (χ2v) is 9.17. The topological polar surface area (TPSA) is 66.4 Å². The molecule has 26 heavy (non-hydrogen) atoms. The van der Waals surface area contributed by atoms with Gasteiger partial charge in [-0.2, -0.15) is 4.98 Å². The van der Waals surface area contributed by atoms with Gasteiger partial charge in [0.15, 0.2) is 9.84 Å². The Morgan fingerprint density at radius 1 is 1.27 bits per heavy atom. The van der Waals surface area contributed by atoms with Crippen molar-refractivity contribution in [1.82, 2.24) is 9.97 Å². The van der Waals surface area contributed by atoms with E-state index in [9.17, 15) is 8.42 Å². The third kappa shape index (κ3) is 3.28. The minimum absolute atomic E-state index is 0.00129. The van der Waals surface area contributed by atoms with Gasteiger partial charge in [0.25, 0.3) is 0 Å². The molecule has 0 saturated carbocycles. The van der Waals surface area contributed by atoms with Gasteiger partial charge >= 0.3 is 0 Å². The highest BCUT2D eigenvalue weighted by Crippen LogP contribution is 2.32. The molecule has 7 heteroatoms. The maximum Gasteiger partial charge on any atom is 0.231 e. The molecule has 1 aromatic heterocycles. The highest BCUT2D eigenvalue weighted by atomic mass is 32.2. The molecule has 0 amide bonds. The van der Waals surface area contributed by atoms with Crippen molar-refractivity contribution >= 4 is 27.3 Å². The molecule has 2 aliphatic heterocycles. The summed E-state index contributed by atoms with van der Waals surface area (Å²) >= 11 is 0. The zero-order valence-electron chi connectivity index (χ0n) is 15.0. The van der Waals surface area contributed by atoms with Crippen LogP contribution in [0.1, 0.15) is 25.3 Å². The fraction of sp³-hybridized carbons (Fsp3) is 0.474. The van der Waals surface area contributed by atoms with E-state index in [2.05, 4.69) is 33.0 Å². The zero-order valence-corrected chi connectivity index (χ0v) is 15.8. The molecule has 2 aromatic rings. The van der Waals surface area contributed by atoms with Crippen LogP contribution < -0.4 is 9.80 Å². The first kappa shape index (κ1) is 17.3. The van der Waals surface area contributed by atoms with Gasteiger partial charge in [0.05, 0.1) is 11.5 Å². The van der Waals surface area contributed by atoms with Crippen molar-refractivity contribution in [3.8, 4) is 0 Å². The molecule has 4 rings (SSSR count). The molecule has 0 N–H and O–H groups in total. The first-order chi connectivity index (χ1) is 12.6. The maximum atomic E-state index is 11.9. The SMILES string of the molecule is CCN(c1ccnc(N2CCCc3ccccc32)n1)C1CCS(=O)(=O)C1. The number of fused-ring (bicyclic) bond motifs is 1. The first-order valence-corrected chi connectivity index (χ1v) is 11.0. The third-order valence-corrected chi connectivity index (χ3v) is 7.01. The standard InChI is InChI=1S/C19H24N4O2S/c1-2-22(16-10-13-26(24,25)14-16)18-9-11-20-19(21-18)23-12-5-7-15-6-3-4-8-17(15)23/h3-4,6,8-9,11,16H,2,5,7,10,12-14H2,1H3. The Kier molecular flexibility index (Phi) is 4.56. The number of hydrogen-bond donors (Lipinski definition) is 0. The van der Waals surface area contributed by atoms with E-state index in [1.54, 1.807) is 6.20 Å². The third-order valence-electron chi connectivity index (χ3n) is 5.26. The molecule has 1 saturated heterocycles. The molecule has 1 fully saturated rings. The molecule has 0 aliphatic carbocycles. The summed E-state index contributed by atoms with van der Waals surface area (Å²) in [7, 11) is -2.92. The number of rotatable bonds is 4. The van der Waals surface area contributed by atoms with E-state index in [1.807, 2.05) is 19.1 Å². The molecule has 0 spiro atoms. The molecule has 6 nitrogen and oxygen atoms in total. The van der Waals surface area contributed by atoms with E-state index < -0.39 is 9.84 Å². The number of aryl methyl sites for hydroxylation is 1. The quantitative estimate of drug-likeness (QED) is 0.822. The lowest BCUT2D eigenvalue weighted by atomic mass is 10.0. The summed E-state index contributed by atoms with van der Waals surface area (Å²) in [5.41, 5.74) is 2.49. The number of aromatic nitrogens is 2. The molecule has 0 bridgehead atoms. The van der Waals surface area contributed by atoms with E-state index in [1.165, 1.54) is 11.3 Å². The lowest BCUT2D eigenvalue weighted by molar-refractivity contribution is 0.599. The van der Waals surface area contributed by atoms with Gasteiger partial charge in [-0.1, -0.05) is 18.2 Å². The minimum Gasteiger partial charge on any atom is -0.353 e. The Morgan fingerprint density at radius 3 is 2.88 bits per heavy atom. The average Bonchev–Trinajstić information content (AvgIpc) is 3.01. The van der Waals surface area contributed by atoms with Crippen LogP contribution in [0.2, 0.25) is 0 Å². The van der Waals surface area contributed by atoms with Gasteiger partial charge in [-0.25, -0.2) is 13.4 Å². The highest BCUT2D eigenvalue weighted by Gasteiger charge is 2.32. The van der Waals surface area contributed by atoms with Crippen molar-refractivity contribution in [3.63, 3.8) is 0 Å². The fourth-order valence-electron chi connectivity index (χ4n) is 4.00. The van der Waals surface area contributed by atoms with Crippen LogP contribution in [0.15, 0.2) is 36.5 Å². The van der Waals surface area contributed by atoms with Gasteiger partial charge in [0.2, 0.25) is 5.95 Å². The Morgan fingerprint density at radius 2 is 2.12 bits per heavy atom. The number of anilines is 3. The molecule has 1 aromatic carbocycles. The summed E-state index contributed by atoms with van der Waals surface area (Å²) in [4.78, 5) is 13.6. The summed E-state index contributed by atoms with van der Waals surface area (Å²) in [5, 5.41) is 0. The van der Waals surface area contributed by atoms with Gasteiger partial charge < -0.3 is 9.80 Å². The maximum absolute atomic E-state index is 11.9. The predicted octanol–water partition coefficient (Wildman–Crippen LogP) is 2.57. The molecule has 0 radical (unpaired) electrons. The van der Waals surface area contributed by atoms with Gasteiger partial charge in [-0.15, -0.1) is 0 Å². The van der Waals surface area contributed by atoms with Crippen molar-refractivity contribution in [2.24, 2.45) is 0 Å². The smallest absolute Gasteiger partial charge is 0.231 e. The van der Waals surface area contributed by atoms with Crippen LogP contribution in [0.25, 0.3) is 0 Å². The minimum atomic E-state index is -2.92. The number of nitrogens with zero attached hydrogens (tertiary/aromatic N) is 4.